The van der Waals surface area contributed by atoms with Crippen LogP contribution < -0.4 is 5.73 Å². The van der Waals surface area contributed by atoms with E-state index in [-0.39, 0.29) is 0 Å². The van der Waals surface area contributed by atoms with E-state index < -0.39 is 5.91 Å². The van der Waals surface area contributed by atoms with Crippen molar-refractivity contribution in [1.29, 1.82) is 0 Å². The van der Waals surface area contributed by atoms with Crippen molar-refractivity contribution in [2.24, 2.45) is 17.6 Å². The van der Waals surface area contributed by atoms with E-state index in [0.717, 1.165) is 17.4 Å². The molecule has 126 valence electrons. The molecule has 0 spiro atoms. The van der Waals surface area contributed by atoms with Gasteiger partial charge >= 0.3 is 0 Å². The first-order chi connectivity index (χ1) is 11.7. The van der Waals surface area contributed by atoms with E-state index in [4.69, 9.17) is 5.73 Å². The molecule has 1 amide bonds. The monoisotopic (exact) mass is 322 g/mol. The lowest BCUT2D eigenvalue weighted by Crippen LogP contribution is -2.21. The largest absolute Gasteiger partial charge is 0.364 e. The molecule has 5 rings (SSSR count). The zero-order chi connectivity index (χ0) is 16.5. The summed E-state index contributed by atoms with van der Waals surface area (Å²) in [5, 5.41) is 1.20. The molecule has 2 aromatic rings. The number of pyridine rings is 1. The number of hydrogen-bond acceptors (Lipinski definition) is 2. The number of carbonyl (C=O) groups is 1. The lowest BCUT2D eigenvalue weighted by Gasteiger charge is -2.35. The zero-order valence-electron chi connectivity index (χ0n) is 14.2. The predicted molar refractivity (Wildman–Crippen MR) is 96.9 cm³/mol. The summed E-state index contributed by atoms with van der Waals surface area (Å²) in [6.07, 6.45) is 10.8. The van der Waals surface area contributed by atoms with Crippen molar-refractivity contribution in [1.82, 2.24) is 4.98 Å². The van der Waals surface area contributed by atoms with E-state index >= 15 is 0 Å². The molecule has 3 heteroatoms. The van der Waals surface area contributed by atoms with Gasteiger partial charge in [0, 0.05) is 5.39 Å². The van der Waals surface area contributed by atoms with Gasteiger partial charge in [-0.25, -0.2) is 4.98 Å². The Balaban J connectivity index is 1.80. The van der Waals surface area contributed by atoms with Gasteiger partial charge in [0.25, 0.3) is 5.91 Å². The van der Waals surface area contributed by atoms with Gasteiger partial charge in [-0.1, -0.05) is 56.7 Å². The van der Waals surface area contributed by atoms with Crippen molar-refractivity contribution < 1.29 is 4.79 Å². The lowest BCUT2D eigenvalue weighted by atomic mass is 9.71. The van der Waals surface area contributed by atoms with Crippen LogP contribution in [0.1, 0.15) is 73.3 Å². The minimum Gasteiger partial charge on any atom is -0.364 e. The van der Waals surface area contributed by atoms with Gasteiger partial charge in [0.15, 0.2) is 0 Å². The van der Waals surface area contributed by atoms with E-state index in [9.17, 15) is 4.79 Å². The molecular formula is C21H26N2O. The molecule has 3 nitrogen and oxygen atoms in total. The summed E-state index contributed by atoms with van der Waals surface area (Å²) in [4.78, 5) is 16.2. The second-order valence-electron chi connectivity index (χ2n) is 7.74. The average molecular weight is 322 g/mol. The fraction of sp³-hybridized carbons (Fsp3) is 0.524. The van der Waals surface area contributed by atoms with Gasteiger partial charge in [0.1, 0.15) is 5.69 Å². The fourth-order valence-corrected chi connectivity index (χ4v) is 4.97. The number of hydrogen-bond donors (Lipinski definition) is 1. The first-order valence-corrected chi connectivity index (χ1v) is 9.40. The minimum atomic E-state index is -0.423. The number of carbonyl (C=O) groups excluding carboxylic acids is 1. The number of primary amides is 1. The standard InChI is InChI=1S/C21H26N2O/c22-21(24)20-13-18(17-9-1-2-10-19(17)23-20)16-11-14-5-3-6-15(12-16)8-4-7-14/h1-2,9-10,13-16H,3-8,11-12H2,(H2,22,24). The second-order valence-corrected chi connectivity index (χ2v) is 7.74. The quantitative estimate of drug-likeness (QED) is 0.863. The summed E-state index contributed by atoms with van der Waals surface area (Å²) in [5.41, 5.74) is 8.16. The van der Waals surface area contributed by atoms with E-state index in [2.05, 4.69) is 17.1 Å². The maximum Gasteiger partial charge on any atom is 0.267 e. The van der Waals surface area contributed by atoms with Gasteiger partial charge in [0.2, 0.25) is 0 Å². The third-order valence-electron chi connectivity index (χ3n) is 6.13. The Morgan fingerprint density at radius 2 is 1.62 bits per heavy atom. The Labute approximate surface area is 143 Å². The van der Waals surface area contributed by atoms with Crippen LogP contribution in [0.4, 0.5) is 0 Å². The molecule has 0 radical (unpaired) electrons. The first kappa shape index (κ1) is 15.6. The minimum absolute atomic E-state index is 0.413. The Kier molecular flexibility index (Phi) is 4.26. The molecule has 3 saturated carbocycles. The number of para-hydroxylation sites is 1. The number of aromatic nitrogens is 1. The number of nitrogens with two attached hydrogens (primary N) is 1. The van der Waals surface area contributed by atoms with Crippen LogP contribution in [-0.2, 0) is 0 Å². The third-order valence-corrected chi connectivity index (χ3v) is 6.13. The molecule has 1 heterocycles. The topological polar surface area (TPSA) is 56.0 Å². The number of nitrogens with zero attached hydrogens (tertiary/aromatic N) is 1. The molecule has 3 aliphatic carbocycles. The first-order valence-electron chi connectivity index (χ1n) is 9.40. The summed E-state index contributed by atoms with van der Waals surface area (Å²) in [5.74, 6) is 1.78. The van der Waals surface area contributed by atoms with E-state index in [1.165, 1.54) is 62.3 Å². The van der Waals surface area contributed by atoms with Gasteiger partial charge in [-0.15, -0.1) is 0 Å². The van der Waals surface area contributed by atoms with Crippen LogP contribution in [0.3, 0.4) is 0 Å². The highest BCUT2D eigenvalue weighted by atomic mass is 16.1. The van der Waals surface area contributed by atoms with E-state index in [1.54, 1.807) is 0 Å². The van der Waals surface area contributed by atoms with Crippen LogP contribution in [0.25, 0.3) is 10.9 Å². The van der Waals surface area contributed by atoms with Gasteiger partial charge < -0.3 is 5.73 Å². The van der Waals surface area contributed by atoms with Gasteiger partial charge in [-0.3, -0.25) is 4.79 Å². The fourth-order valence-electron chi connectivity index (χ4n) is 4.97. The molecule has 0 atom stereocenters. The van der Waals surface area contributed by atoms with Crippen molar-refractivity contribution in [2.45, 2.75) is 57.3 Å². The van der Waals surface area contributed by atoms with Crippen LogP contribution in [0.2, 0.25) is 0 Å². The summed E-state index contributed by atoms with van der Waals surface area (Å²) >= 11 is 0. The van der Waals surface area contributed by atoms with Crippen molar-refractivity contribution in [3.05, 3.63) is 41.6 Å². The molecule has 0 saturated heterocycles. The highest BCUT2D eigenvalue weighted by Crippen LogP contribution is 2.44. The predicted octanol–water partition coefficient (Wildman–Crippen LogP) is 4.80. The smallest absolute Gasteiger partial charge is 0.267 e. The Morgan fingerprint density at radius 1 is 1.00 bits per heavy atom. The number of amides is 1. The highest BCUT2D eigenvalue weighted by Gasteiger charge is 2.29. The maximum atomic E-state index is 11.8. The summed E-state index contributed by atoms with van der Waals surface area (Å²) in [7, 11) is 0. The SMILES string of the molecule is NC(=O)c1cc(C2CC3CCCC(CCC3)C2)c2ccccc2n1. The van der Waals surface area contributed by atoms with Crippen molar-refractivity contribution in [3.63, 3.8) is 0 Å². The maximum absolute atomic E-state index is 11.8. The van der Waals surface area contributed by atoms with Gasteiger partial charge in [-0.2, -0.15) is 0 Å². The molecule has 1 aromatic heterocycles. The normalized spacial score (nSPS) is 27.4. The van der Waals surface area contributed by atoms with Crippen molar-refractivity contribution in [2.75, 3.05) is 0 Å². The molecular weight excluding hydrogens is 296 g/mol. The number of benzene rings is 1. The summed E-state index contributed by atoms with van der Waals surface area (Å²) in [6.45, 7) is 0. The van der Waals surface area contributed by atoms with E-state index in [0.29, 0.717) is 11.6 Å². The van der Waals surface area contributed by atoms with Crippen molar-refractivity contribution in [3.8, 4) is 0 Å². The third kappa shape index (κ3) is 3.04. The van der Waals surface area contributed by atoms with E-state index in [1.807, 2.05) is 18.2 Å². The average Bonchev–Trinajstić information content (AvgIpc) is 2.52. The highest BCUT2D eigenvalue weighted by molar-refractivity contribution is 5.95. The molecule has 0 unspecified atom stereocenters. The molecule has 2 N–H and O–H groups in total. The molecule has 0 aliphatic heterocycles. The molecule has 24 heavy (non-hydrogen) atoms. The van der Waals surface area contributed by atoms with Crippen molar-refractivity contribution >= 4 is 16.8 Å². The molecule has 3 fully saturated rings. The molecule has 1 aromatic carbocycles. The second kappa shape index (κ2) is 6.54. The lowest BCUT2D eigenvalue weighted by molar-refractivity contribution is 0.0996. The molecule has 3 aliphatic rings. The van der Waals surface area contributed by atoms with Crippen LogP contribution in [-0.4, -0.2) is 10.9 Å². The summed E-state index contributed by atoms with van der Waals surface area (Å²) < 4.78 is 0. The Bertz CT molecular complexity index is 731. The van der Waals surface area contributed by atoms with Crippen LogP contribution in [0.5, 0.6) is 0 Å². The molecule has 2 bridgehead atoms. The van der Waals surface area contributed by atoms with Crippen LogP contribution in [0.15, 0.2) is 30.3 Å². The zero-order valence-corrected chi connectivity index (χ0v) is 14.2. The van der Waals surface area contributed by atoms with Gasteiger partial charge in [-0.05, 0) is 48.3 Å². The Hall–Kier alpha value is -1.90. The summed E-state index contributed by atoms with van der Waals surface area (Å²) in [6, 6.07) is 10.2. The number of rotatable bonds is 2. The number of fused-ring (bicyclic) bond motifs is 7. The van der Waals surface area contributed by atoms with Crippen LogP contribution in [0, 0.1) is 11.8 Å². The van der Waals surface area contributed by atoms with Crippen LogP contribution >= 0.6 is 0 Å². The Morgan fingerprint density at radius 3 is 2.25 bits per heavy atom. The van der Waals surface area contributed by atoms with Gasteiger partial charge in [0.05, 0.1) is 5.52 Å².